The summed E-state index contributed by atoms with van der Waals surface area (Å²) in [5, 5.41) is 11.3. The Kier molecular flexibility index (Phi) is 7.11. The van der Waals surface area contributed by atoms with E-state index in [2.05, 4.69) is 6.08 Å². The summed E-state index contributed by atoms with van der Waals surface area (Å²) in [6.07, 6.45) is 6.52. The van der Waals surface area contributed by atoms with Gasteiger partial charge in [-0.1, -0.05) is 47.7 Å². The number of ether oxygens (including phenoxy) is 2. The summed E-state index contributed by atoms with van der Waals surface area (Å²) in [5.41, 5.74) is 5.60. The lowest BCUT2D eigenvalue weighted by Gasteiger charge is -2.31. The Hall–Kier alpha value is -4.76. The fourth-order valence-corrected chi connectivity index (χ4v) is 6.42. The van der Waals surface area contributed by atoms with Crippen LogP contribution in [0.5, 0.6) is 11.5 Å². The Morgan fingerprint density at radius 3 is 2.34 bits per heavy atom. The molecule has 0 bridgehead atoms. The molecule has 4 aromatic rings. The van der Waals surface area contributed by atoms with E-state index in [1.807, 2.05) is 48.5 Å². The SMILES string of the molecule is COc1ccc(/C=C2\CCCC3=C2N=c2sc(=Cc4cccc([N+](=O)[O-])c4)c(=O)n2[C@@H]3c2ccc(OC)cc2)cc1. The van der Waals surface area contributed by atoms with Crippen molar-refractivity contribution < 1.29 is 14.4 Å². The van der Waals surface area contributed by atoms with Crippen LogP contribution in [0, 0.1) is 10.1 Å². The number of nitro groups is 1. The zero-order valence-corrected chi connectivity index (χ0v) is 23.4. The van der Waals surface area contributed by atoms with Crippen LogP contribution in [-0.2, 0) is 0 Å². The van der Waals surface area contributed by atoms with Crippen LogP contribution in [0.25, 0.3) is 12.2 Å². The first-order valence-corrected chi connectivity index (χ1v) is 14.0. The predicted molar refractivity (Wildman–Crippen MR) is 159 cm³/mol. The molecular formula is C32H27N3O5S. The summed E-state index contributed by atoms with van der Waals surface area (Å²) in [4.78, 5) is 30.5. The van der Waals surface area contributed by atoms with Gasteiger partial charge in [-0.05, 0) is 83.5 Å². The van der Waals surface area contributed by atoms with Crippen LogP contribution in [0.4, 0.5) is 5.69 Å². The molecule has 1 aliphatic carbocycles. The van der Waals surface area contributed by atoms with Crippen LogP contribution >= 0.6 is 11.3 Å². The molecule has 1 atom stereocenters. The van der Waals surface area contributed by atoms with Crippen LogP contribution in [0.15, 0.2) is 99.4 Å². The van der Waals surface area contributed by atoms with Gasteiger partial charge in [0.25, 0.3) is 11.2 Å². The summed E-state index contributed by atoms with van der Waals surface area (Å²) < 4.78 is 12.9. The molecule has 0 unspecified atom stereocenters. The zero-order chi connectivity index (χ0) is 28.5. The maximum absolute atomic E-state index is 13.9. The van der Waals surface area contributed by atoms with E-state index in [0.717, 1.165) is 58.7 Å². The lowest BCUT2D eigenvalue weighted by atomic mass is 9.84. The largest absolute Gasteiger partial charge is 0.497 e. The number of hydrogen-bond acceptors (Lipinski definition) is 7. The smallest absolute Gasteiger partial charge is 0.271 e. The van der Waals surface area contributed by atoms with Gasteiger partial charge in [0.2, 0.25) is 0 Å². The highest BCUT2D eigenvalue weighted by Crippen LogP contribution is 2.41. The third-order valence-electron chi connectivity index (χ3n) is 7.40. The minimum Gasteiger partial charge on any atom is -0.497 e. The van der Waals surface area contributed by atoms with E-state index in [-0.39, 0.29) is 17.3 Å². The fraction of sp³-hybridized carbons (Fsp3) is 0.188. The maximum atomic E-state index is 13.9. The van der Waals surface area contributed by atoms with Gasteiger partial charge in [-0.2, -0.15) is 0 Å². The quantitative estimate of drug-likeness (QED) is 0.230. The van der Waals surface area contributed by atoms with Crippen molar-refractivity contribution in [3.63, 3.8) is 0 Å². The highest BCUT2D eigenvalue weighted by atomic mass is 32.1. The van der Waals surface area contributed by atoms with Crippen molar-refractivity contribution >= 4 is 29.2 Å². The molecule has 41 heavy (non-hydrogen) atoms. The number of rotatable bonds is 6. The normalized spacial score (nSPS) is 17.6. The van der Waals surface area contributed by atoms with Gasteiger partial charge < -0.3 is 9.47 Å². The number of fused-ring (bicyclic) bond motifs is 1. The van der Waals surface area contributed by atoms with Crippen LogP contribution in [0.3, 0.4) is 0 Å². The number of nitro benzene ring substituents is 1. The third kappa shape index (κ3) is 5.12. The molecule has 6 rings (SSSR count). The van der Waals surface area contributed by atoms with Crippen molar-refractivity contribution in [3.05, 3.63) is 136 Å². The second-order valence-electron chi connectivity index (χ2n) is 9.88. The van der Waals surface area contributed by atoms with E-state index in [9.17, 15) is 14.9 Å². The molecule has 0 N–H and O–H groups in total. The second-order valence-corrected chi connectivity index (χ2v) is 10.9. The van der Waals surface area contributed by atoms with Crippen LogP contribution in [0.1, 0.15) is 42.0 Å². The molecule has 1 aromatic heterocycles. The van der Waals surface area contributed by atoms with E-state index in [0.29, 0.717) is 14.9 Å². The highest BCUT2D eigenvalue weighted by molar-refractivity contribution is 7.07. The number of hydrogen-bond donors (Lipinski definition) is 0. The number of benzene rings is 3. The number of non-ortho nitro benzene ring substituents is 1. The van der Waals surface area contributed by atoms with E-state index in [1.165, 1.54) is 23.5 Å². The molecule has 2 aliphatic rings. The monoisotopic (exact) mass is 565 g/mol. The summed E-state index contributed by atoms with van der Waals surface area (Å²) in [7, 11) is 3.28. The van der Waals surface area contributed by atoms with E-state index < -0.39 is 4.92 Å². The van der Waals surface area contributed by atoms with Crippen LogP contribution in [0.2, 0.25) is 0 Å². The van der Waals surface area contributed by atoms with Crippen molar-refractivity contribution in [3.8, 4) is 11.5 Å². The van der Waals surface area contributed by atoms with E-state index in [1.54, 1.807) is 37.0 Å². The van der Waals surface area contributed by atoms with Crippen molar-refractivity contribution in [2.75, 3.05) is 14.2 Å². The Morgan fingerprint density at radius 1 is 0.951 bits per heavy atom. The van der Waals surface area contributed by atoms with Crippen molar-refractivity contribution in [1.82, 2.24) is 4.57 Å². The van der Waals surface area contributed by atoms with Gasteiger partial charge in [-0.3, -0.25) is 19.5 Å². The molecular weight excluding hydrogens is 538 g/mol. The van der Waals surface area contributed by atoms with Gasteiger partial charge in [-0.15, -0.1) is 0 Å². The Balaban J connectivity index is 1.54. The minimum atomic E-state index is -0.437. The first kappa shape index (κ1) is 26.5. The maximum Gasteiger partial charge on any atom is 0.271 e. The van der Waals surface area contributed by atoms with Gasteiger partial charge in [0, 0.05) is 12.1 Å². The Labute approximate surface area is 240 Å². The van der Waals surface area contributed by atoms with Gasteiger partial charge in [0.1, 0.15) is 11.5 Å². The first-order valence-electron chi connectivity index (χ1n) is 13.2. The third-order valence-corrected chi connectivity index (χ3v) is 8.38. The average molecular weight is 566 g/mol. The number of aromatic nitrogens is 1. The fourth-order valence-electron chi connectivity index (χ4n) is 5.42. The lowest BCUT2D eigenvalue weighted by molar-refractivity contribution is -0.384. The summed E-state index contributed by atoms with van der Waals surface area (Å²) in [5.74, 6) is 1.54. The molecule has 1 aliphatic heterocycles. The molecule has 0 saturated carbocycles. The predicted octanol–water partition coefficient (Wildman–Crippen LogP) is 5.41. The summed E-state index contributed by atoms with van der Waals surface area (Å²) in [6, 6.07) is 21.7. The van der Waals surface area contributed by atoms with Gasteiger partial charge in [0.15, 0.2) is 4.80 Å². The Morgan fingerprint density at radius 2 is 1.66 bits per heavy atom. The summed E-state index contributed by atoms with van der Waals surface area (Å²) >= 11 is 1.30. The van der Waals surface area contributed by atoms with E-state index >= 15 is 0 Å². The van der Waals surface area contributed by atoms with Gasteiger partial charge >= 0.3 is 0 Å². The molecule has 0 saturated heterocycles. The van der Waals surface area contributed by atoms with Crippen molar-refractivity contribution in [1.29, 1.82) is 0 Å². The first-order chi connectivity index (χ1) is 19.9. The molecule has 206 valence electrons. The number of allylic oxidation sites excluding steroid dienone is 2. The second kappa shape index (κ2) is 11.0. The number of thiazole rings is 1. The van der Waals surface area contributed by atoms with Gasteiger partial charge in [0.05, 0.1) is 35.4 Å². The van der Waals surface area contributed by atoms with Crippen LogP contribution in [-0.4, -0.2) is 23.7 Å². The van der Waals surface area contributed by atoms with E-state index in [4.69, 9.17) is 14.5 Å². The van der Waals surface area contributed by atoms with Crippen molar-refractivity contribution in [2.45, 2.75) is 25.3 Å². The molecule has 2 heterocycles. The molecule has 9 heteroatoms. The van der Waals surface area contributed by atoms with Crippen molar-refractivity contribution in [2.24, 2.45) is 4.99 Å². The van der Waals surface area contributed by atoms with Crippen LogP contribution < -0.4 is 24.4 Å². The summed E-state index contributed by atoms with van der Waals surface area (Å²) in [6.45, 7) is 0. The zero-order valence-electron chi connectivity index (χ0n) is 22.6. The minimum absolute atomic E-state index is 0.0218. The molecule has 0 amide bonds. The molecule has 3 aromatic carbocycles. The highest BCUT2D eigenvalue weighted by Gasteiger charge is 2.32. The number of nitrogens with zero attached hydrogens (tertiary/aromatic N) is 3. The number of methoxy groups -OCH3 is 2. The average Bonchev–Trinajstić information content (AvgIpc) is 3.31. The topological polar surface area (TPSA) is 96.0 Å². The standard InChI is InChI=1S/C32H27N3O5S/c1-39-25-13-9-20(10-14-25)17-23-6-4-8-27-29(23)33-32-34(30(27)22-11-15-26(40-2)16-12-22)31(36)28(41-32)19-21-5-3-7-24(18-21)35(37)38/h3,5,7,9-19,30H,4,6,8H2,1-2H3/b23-17+,28-19?/t30-/m1/s1. The lowest BCUT2D eigenvalue weighted by Crippen LogP contribution is -2.39. The molecule has 0 radical (unpaired) electrons. The molecule has 0 spiro atoms. The van der Waals surface area contributed by atoms with Gasteiger partial charge in [-0.25, -0.2) is 4.99 Å². The molecule has 0 fully saturated rings. The molecule has 8 nitrogen and oxygen atoms in total. The Bertz CT molecular complexity index is 1880.